The number of hydrogen-bond acceptors (Lipinski definition) is 6. The maximum atomic E-state index is 11.6. The first kappa shape index (κ1) is 10.7. The van der Waals surface area contributed by atoms with Crippen molar-refractivity contribution < 1.29 is 13.9 Å². The molecule has 7 nitrogen and oxygen atoms in total. The lowest BCUT2D eigenvalue weighted by Crippen LogP contribution is -2.28. The molecule has 1 aromatic rings. The number of hydrogen-bond donors (Lipinski definition) is 1. The van der Waals surface area contributed by atoms with Gasteiger partial charge in [0.2, 0.25) is 11.8 Å². The Hall–Kier alpha value is -1.47. The highest BCUT2D eigenvalue weighted by Gasteiger charge is 2.33. The Balaban J connectivity index is 1.78. The number of rotatable bonds is 2. The molecule has 2 fully saturated rings. The van der Waals surface area contributed by atoms with Crippen molar-refractivity contribution in [2.24, 2.45) is 5.73 Å². The minimum absolute atomic E-state index is 0.0694. The average molecular weight is 238 g/mol. The fourth-order valence-electron chi connectivity index (χ4n) is 2.16. The van der Waals surface area contributed by atoms with Crippen LogP contribution in [0.1, 0.15) is 31.3 Å². The molecule has 3 heterocycles. The SMILES string of the molecule is NC1CC(=O)N(c2nnc(C3CCCO3)o2)C1. The minimum atomic E-state index is -0.152. The van der Waals surface area contributed by atoms with Gasteiger partial charge in [0.1, 0.15) is 6.10 Å². The third kappa shape index (κ3) is 1.91. The van der Waals surface area contributed by atoms with Crippen LogP contribution in [0.3, 0.4) is 0 Å². The van der Waals surface area contributed by atoms with E-state index < -0.39 is 0 Å². The first-order valence-corrected chi connectivity index (χ1v) is 5.75. The Bertz CT molecular complexity index is 427. The Kier molecular flexibility index (Phi) is 2.56. The normalized spacial score (nSPS) is 29.2. The number of carbonyl (C=O) groups excluding carboxylic acids is 1. The third-order valence-electron chi connectivity index (χ3n) is 3.02. The van der Waals surface area contributed by atoms with Crippen LogP contribution in [0.15, 0.2) is 4.42 Å². The largest absolute Gasteiger partial charge is 0.405 e. The maximum Gasteiger partial charge on any atom is 0.325 e. The molecule has 2 unspecified atom stereocenters. The van der Waals surface area contributed by atoms with Crippen molar-refractivity contribution in [3.05, 3.63) is 5.89 Å². The molecule has 1 amide bonds. The predicted molar refractivity (Wildman–Crippen MR) is 57.2 cm³/mol. The second-order valence-corrected chi connectivity index (χ2v) is 4.39. The molecule has 2 N–H and O–H groups in total. The number of amides is 1. The number of carbonyl (C=O) groups is 1. The quantitative estimate of drug-likeness (QED) is 0.778. The van der Waals surface area contributed by atoms with E-state index in [0.717, 1.165) is 19.4 Å². The van der Waals surface area contributed by atoms with Crippen molar-refractivity contribution in [2.45, 2.75) is 31.4 Å². The Labute approximate surface area is 97.9 Å². The smallest absolute Gasteiger partial charge is 0.325 e. The van der Waals surface area contributed by atoms with E-state index in [-0.39, 0.29) is 24.1 Å². The van der Waals surface area contributed by atoms with E-state index in [1.807, 2.05) is 0 Å². The van der Waals surface area contributed by atoms with Gasteiger partial charge < -0.3 is 14.9 Å². The summed E-state index contributed by atoms with van der Waals surface area (Å²) >= 11 is 0. The maximum absolute atomic E-state index is 11.6. The zero-order chi connectivity index (χ0) is 11.8. The average Bonchev–Trinajstić information content (AvgIpc) is 2.97. The van der Waals surface area contributed by atoms with Crippen LogP contribution in [-0.4, -0.2) is 35.3 Å². The summed E-state index contributed by atoms with van der Waals surface area (Å²) in [6.45, 7) is 1.15. The molecule has 0 spiro atoms. The molecule has 2 atom stereocenters. The molecule has 92 valence electrons. The first-order chi connectivity index (χ1) is 8.24. The molecule has 17 heavy (non-hydrogen) atoms. The van der Waals surface area contributed by atoms with Crippen LogP contribution in [0.25, 0.3) is 0 Å². The standard InChI is InChI=1S/C10H14N4O3/c11-6-4-8(15)14(5-6)10-13-12-9(17-10)7-2-1-3-16-7/h6-7H,1-5,11H2. The van der Waals surface area contributed by atoms with Gasteiger partial charge in [-0.2, -0.15) is 0 Å². The summed E-state index contributed by atoms with van der Waals surface area (Å²) in [7, 11) is 0. The Morgan fingerprint density at radius 1 is 1.41 bits per heavy atom. The van der Waals surface area contributed by atoms with Crippen molar-refractivity contribution in [3.8, 4) is 0 Å². The van der Waals surface area contributed by atoms with Crippen LogP contribution in [0, 0.1) is 0 Å². The highest BCUT2D eigenvalue weighted by atomic mass is 16.5. The number of ether oxygens (including phenoxy) is 1. The van der Waals surface area contributed by atoms with E-state index in [1.165, 1.54) is 4.90 Å². The van der Waals surface area contributed by atoms with Crippen LogP contribution >= 0.6 is 0 Å². The monoisotopic (exact) mass is 238 g/mol. The lowest BCUT2D eigenvalue weighted by Gasteiger charge is -2.09. The predicted octanol–water partition coefficient (Wildman–Crippen LogP) is -0.0149. The van der Waals surface area contributed by atoms with Crippen molar-refractivity contribution in [2.75, 3.05) is 18.1 Å². The molecule has 2 aliphatic rings. The van der Waals surface area contributed by atoms with Gasteiger partial charge in [-0.3, -0.25) is 9.69 Å². The summed E-state index contributed by atoms with van der Waals surface area (Å²) in [4.78, 5) is 13.0. The van der Waals surface area contributed by atoms with E-state index in [2.05, 4.69) is 10.2 Å². The van der Waals surface area contributed by atoms with Crippen LogP contribution in [-0.2, 0) is 9.53 Å². The summed E-state index contributed by atoms with van der Waals surface area (Å²) in [6.07, 6.45) is 2.09. The van der Waals surface area contributed by atoms with Gasteiger partial charge in [-0.1, -0.05) is 5.10 Å². The topological polar surface area (TPSA) is 94.5 Å². The first-order valence-electron chi connectivity index (χ1n) is 5.75. The van der Waals surface area contributed by atoms with Gasteiger partial charge in [-0.05, 0) is 12.8 Å². The van der Waals surface area contributed by atoms with E-state index >= 15 is 0 Å². The molecular weight excluding hydrogens is 224 g/mol. The van der Waals surface area contributed by atoms with E-state index in [4.69, 9.17) is 14.9 Å². The Morgan fingerprint density at radius 2 is 2.29 bits per heavy atom. The van der Waals surface area contributed by atoms with E-state index in [1.54, 1.807) is 0 Å². The van der Waals surface area contributed by atoms with Crippen LogP contribution in [0.5, 0.6) is 0 Å². The van der Waals surface area contributed by atoms with Gasteiger partial charge in [0.25, 0.3) is 0 Å². The third-order valence-corrected chi connectivity index (χ3v) is 3.02. The fourth-order valence-corrected chi connectivity index (χ4v) is 2.16. The van der Waals surface area contributed by atoms with Crippen LogP contribution < -0.4 is 10.6 Å². The number of anilines is 1. The summed E-state index contributed by atoms with van der Waals surface area (Å²) in [5.74, 6) is 0.380. The van der Waals surface area contributed by atoms with Crippen molar-refractivity contribution in [1.29, 1.82) is 0 Å². The van der Waals surface area contributed by atoms with E-state index in [0.29, 0.717) is 18.9 Å². The molecule has 0 aromatic carbocycles. The molecule has 2 aliphatic heterocycles. The molecule has 0 bridgehead atoms. The van der Waals surface area contributed by atoms with Crippen LogP contribution in [0.4, 0.5) is 6.01 Å². The summed E-state index contributed by atoms with van der Waals surface area (Å²) in [5.41, 5.74) is 5.70. The van der Waals surface area contributed by atoms with Crippen molar-refractivity contribution >= 4 is 11.9 Å². The zero-order valence-electron chi connectivity index (χ0n) is 9.33. The molecule has 1 aromatic heterocycles. The number of aromatic nitrogens is 2. The molecule has 0 saturated carbocycles. The summed E-state index contributed by atoms with van der Waals surface area (Å²) in [6, 6.07) is 0.0778. The zero-order valence-corrected chi connectivity index (χ0v) is 9.33. The Morgan fingerprint density at radius 3 is 2.94 bits per heavy atom. The second-order valence-electron chi connectivity index (χ2n) is 4.39. The second kappa shape index (κ2) is 4.08. The van der Waals surface area contributed by atoms with Crippen LogP contribution in [0.2, 0.25) is 0 Å². The molecule has 0 radical (unpaired) electrons. The number of nitrogens with zero attached hydrogens (tertiary/aromatic N) is 3. The molecular formula is C10H14N4O3. The lowest BCUT2D eigenvalue weighted by molar-refractivity contribution is -0.117. The van der Waals surface area contributed by atoms with E-state index in [9.17, 15) is 4.79 Å². The molecule has 7 heteroatoms. The summed E-state index contributed by atoms with van der Waals surface area (Å²) < 4.78 is 10.9. The minimum Gasteiger partial charge on any atom is -0.405 e. The molecule has 2 saturated heterocycles. The van der Waals surface area contributed by atoms with Crippen molar-refractivity contribution in [1.82, 2.24) is 10.2 Å². The lowest BCUT2D eigenvalue weighted by atomic mass is 10.2. The van der Waals surface area contributed by atoms with Gasteiger partial charge in [0, 0.05) is 25.6 Å². The van der Waals surface area contributed by atoms with Gasteiger partial charge in [0.05, 0.1) is 0 Å². The highest BCUT2D eigenvalue weighted by Crippen LogP contribution is 2.29. The molecule has 0 aliphatic carbocycles. The highest BCUT2D eigenvalue weighted by molar-refractivity contribution is 5.94. The van der Waals surface area contributed by atoms with Gasteiger partial charge in [-0.15, -0.1) is 5.10 Å². The van der Waals surface area contributed by atoms with Gasteiger partial charge in [0.15, 0.2) is 0 Å². The fraction of sp³-hybridized carbons (Fsp3) is 0.700. The van der Waals surface area contributed by atoms with Gasteiger partial charge >= 0.3 is 6.01 Å². The van der Waals surface area contributed by atoms with Crippen molar-refractivity contribution in [3.63, 3.8) is 0 Å². The number of nitrogens with two attached hydrogens (primary N) is 1. The summed E-state index contributed by atoms with van der Waals surface area (Å²) in [5, 5.41) is 7.81. The molecule has 3 rings (SSSR count). The van der Waals surface area contributed by atoms with Gasteiger partial charge in [-0.25, -0.2) is 0 Å².